The smallest absolute Gasteiger partial charge is 0.240 e. The third-order valence-electron chi connectivity index (χ3n) is 4.29. The first-order chi connectivity index (χ1) is 13.3. The Hall–Kier alpha value is -2.71. The van der Waals surface area contributed by atoms with Crippen LogP contribution in [-0.4, -0.2) is 57.3 Å². The summed E-state index contributed by atoms with van der Waals surface area (Å²) in [4.78, 5) is 23.6. The fraction of sp³-hybridized carbons (Fsp3) is 0.263. The van der Waals surface area contributed by atoms with Crippen molar-refractivity contribution in [1.82, 2.24) is 25.1 Å². The first-order valence-electron chi connectivity index (χ1n) is 8.72. The maximum atomic E-state index is 13.2. The summed E-state index contributed by atoms with van der Waals surface area (Å²) in [6.45, 7) is 2.37. The van der Waals surface area contributed by atoms with Crippen LogP contribution < -0.4 is 0 Å². The number of morpholine rings is 1. The Morgan fingerprint density at radius 2 is 1.85 bits per heavy atom. The van der Waals surface area contributed by atoms with Gasteiger partial charge in [0.2, 0.25) is 11.1 Å². The van der Waals surface area contributed by atoms with E-state index in [1.165, 1.54) is 11.8 Å². The second-order valence-electron chi connectivity index (χ2n) is 6.05. The van der Waals surface area contributed by atoms with E-state index in [4.69, 9.17) is 4.74 Å². The van der Waals surface area contributed by atoms with Crippen molar-refractivity contribution in [3.63, 3.8) is 0 Å². The van der Waals surface area contributed by atoms with Crippen LogP contribution in [0.5, 0.6) is 0 Å². The number of thioether (sulfide) groups is 1. The molecule has 3 aromatic rings. The molecule has 8 heteroatoms. The molecular weight excluding hydrogens is 362 g/mol. The monoisotopic (exact) mass is 381 g/mol. The second kappa shape index (κ2) is 8.32. The Morgan fingerprint density at radius 3 is 2.59 bits per heavy atom. The summed E-state index contributed by atoms with van der Waals surface area (Å²) in [6, 6.07) is 13.5. The number of benzene rings is 1. The molecule has 1 aromatic carbocycles. The van der Waals surface area contributed by atoms with Gasteiger partial charge in [-0.25, -0.2) is 4.98 Å². The van der Waals surface area contributed by atoms with Crippen LogP contribution in [0.15, 0.2) is 60.0 Å². The molecule has 1 amide bonds. The van der Waals surface area contributed by atoms with Crippen molar-refractivity contribution in [2.24, 2.45) is 0 Å². The summed E-state index contributed by atoms with van der Waals surface area (Å²) < 4.78 is 5.37. The van der Waals surface area contributed by atoms with Crippen molar-refractivity contribution in [2.45, 2.75) is 10.4 Å². The van der Waals surface area contributed by atoms with Crippen LogP contribution in [0, 0.1) is 0 Å². The predicted molar refractivity (Wildman–Crippen MR) is 102 cm³/mol. The van der Waals surface area contributed by atoms with E-state index in [1.54, 1.807) is 12.4 Å². The molecule has 0 bridgehead atoms. The average molecular weight is 381 g/mol. The van der Waals surface area contributed by atoms with Gasteiger partial charge in [0.05, 0.1) is 13.2 Å². The van der Waals surface area contributed by atoms with E-state index in [2.05, 4.69) is 20.2 Å². The number of H-pyrrole nitrogens is 1. The second-order valence-corrected chi connectivity index (χ2v) is 7.12. The van der Waals surface area contributed by atoms with Crippen molar-refractivity contribution in [3.8, 4) is 11.4 Å². The fourth-order valence-electron chi connectivity index (χ4n) is 2.88. The SMILES string of the molecule is O=C([C@H](Sc1n[nH]c(-c2ccncc2)n1)c1ccccc1)N1CCOCC1. The van der Waals surface area contributed by atoms with Crippen LogP contribution >= 0.6 is 11.8 Å². The number of carbonyl (C=O) groups excluding carboxylic acids is 1. The maximum absolute atomic E-state index is 13.2. The van der Waals surface area contributed by atoms with Gasteiger partial charge in [0.25, 0.3) is 0 Å². The van der Waals surface area contributed by atoms with E-state index in [9.17, 15) is 4.79 Å². The molecule has 4 rings (SSSR count). The Morgan fingerprint density at radius 1 is 1.11 bits per heavy atom. The molecule has 0 saturated carbocycles. The van der Waals surface area contributed by atoms with Gasteiger partial charge in [-0.15, -0.1) is 5.10 Å². The zero-order valence-corrected chi connectivity index (χ0v) is 15.4. The molecule has 0 unspecified atom stereocenters. The highest BCUT2D eigenvalue weighted by molar-refractivity contribution is 8.00. The van der Waals surface area contributed by atoms with Gasteiger partial charge in [-0.2, -0.15) is 0 Å². The first-order valence-corrected chi connectivity index (χ1v) is 9.60. The molecule has 0 aliphatic carbocycles. The topological polar surface area (TPSA) is 84.0 Å². The van der Waals surface area contributed by atoms with Gasteiger partial charge in [-0.3, -0.25) is 14.9 Å². The van der Waals surface area contributed by atoms with Gasteiger partial charge in [0.1, 0.15) is 5.25 Å². The molecule has 7 nitrogen and oxygen atoms in total. The number of aromatic nitrogens is 4. The molecule has 0 radical (unpaired) electrons. The number of aromatic amines is 1. The fourth-order valence-corrected chi connectivity index (χ4v) is 3.88. The highest BCUT2D eigenvalue weighted by Gasteiger charge is 2.29. The largest absolute Gasteiger partial charge is 0.378 e. The molecule has 0 spiro atoms. The van der Waals surface area contributed by atoms with Crippen molar-refractivity contribution in [1.29, 1.82) is 0 Å². The van der Waals surface area contributed by atoms with Gasteiger partial charge in [-0.1, -0.05) is 42.1 Å². The molecule has 1 aliphatic rings. The third kappa shape index (κ3) is 4.17. The van der Waals surface area contributed by atoms with Gasteiger partial charge >= 0.3 is 0 Å². The lowest BCUT2D eigenvalue weighted by molar-refractivity contribution is -0.134. The van der Waals surface area contributed by atoms with Crippen LogP contribution in [-0.2, 0) is 9.53 Å². The van der Waals surface area contributed by atoms with Crippen LogP contribution in [0.4, 0.5) is 0 Å². The van der Waals surface area contributed by atoms with Gasteiger partial charge in [0.15, 0.2) is 5.82 Å². The van der Waals surface area contributed by atoms with Crippen molar-refractivity contribution < 1.29 is 9.53 Å². The first kappa shape index (κ1) is 17.7. The Bertz CT molecular complexity index is 881. The van der Waals surface area contributed by atoms with Gasteiger partial charge in [0, 0.05) is 31.0 Å². The van der Waals surface area contributed by atoms with E-state index in [0.29, 0.717) is 37.3 Å². The third-order valence-corrected chi connectivity index (χ3v) is 5.39. The van der Waals surface area contributed by atoms with Crippen LogP contribution in [0.3, 0.4) is 0 Å². The normalized spacial score (nSPS) is 15.5. The molecule has 1 atom stereocenters. The van der Waals surface area contributed by atoms with Gasteiger partial charge in [-0.05, 0) is 17.7 Å². The number of ether oxygens (including phenoxy) is 1. The molecule has 1 aliphatic heterocycles. The summed E-state index contributed by atoms with van der Waals surface area (Å²) >= 11 is 1.36. The lowest BCUT2D eigenvalue weighted by Crippen LogP contribution is -2.42. The summed E-state index contributed by atoms with van der Waals surface area (Å²) in [7, 11) is 0. The van der Waals surface area contributed by atoms with E-state index in [-0.39, 0.29) is 5.91 Å². The summed E-state index contributed by atoms with van der Waals surface area (Å²) in [5, 5.41) is 7.38. The zero-order valence-electron chi connectivity index (χ0n) is 14.6. The van der Waals surface area contributed by atoms with Crippen LogP contribution in [0.25, 0.3) is 11.4 Å². The van der Waals surface area contributed by atoms with E-state index >= 15 is 0 Å². The molecule has 1 fully saturated rings. The Balaban J connectivity index is 1.58. The number of hydrogen-bond donors (Lipinski definition) is 1. The number of rotatable bonds is 5. The maximum Gasteiger partial charge on any atom is 0.240 e. The van der Waals surface area contributed by atoms with Gasteiger partial charge < -0.3 is 9.64 Å². The molecular formula is C19H19N5O2S. The number of pyridine rings is 1. The highest BCUT2D eigenvalue weighted by Crippen LogP contribution is 2.35. The minimum atomic E-state index is -0.398. The van der Waals surface area contributed by atoms with Crippen molar-refractivity contribution in [2.75, 3.05) is 26.3 Å². The standard InChI is InChI=1S/C19H19N5O2S/c25-18(24-10-12-26-13-11-24)16(14-4-2-1-3-5-14)27-19-21-17(22-23-19)15-6-8-20-9-7-15/h1-9,16H,10-13H2,(H,21,22,23)/t16-/m1/s1. The minimum Gasteiger partial charge on any atom is -0.378 e. The summed E-state index contributed by atoms with van der Waals surface area (Å²) in [5.41, 5.74) is 1.84. The Kier molecular flexibility index (Phi) is 5.45. The molecule has 1 saturated heterocycles. The number of nitrogens with one attached hydrogen (secondary N) is 1. The molecule has 138 valence electrons. The quantitative estimate of drug-likeness (QED) is 0.684. The van der Waals surface area contributed by atoms with E-state index in [1.807, 2.05) is 47.4 Å². The molecule has 27 heavy (non-hydrogen) atoms. The summed E-state index contributed by atoms with van der Waals surface area (Å²) in [5.74, 6) is 0.718. The van der Waals surface area contributed by atoms with Crippen LogP contribution in [0.2, 0.25) is 0 Å². The number of hydrogen-bond acceptors (Lipinski definition) is 6. The lowest BCUT2D eigenvalue weighted by atomic mass is 10.1. The molecule has 1 N–H and O–H groups in total. The number of nitrogens with zero attached hydrogens (tertiary/aromatic N) is 4. The lowest BCUT2D eigenvalue weighted by Gasteiger charge is -2.30. The van der Waals surface area contributed by atoms with Crippen molar-refractivity contribution >= 4 is 17.7 Å². The number of carbonyl (C=O) groups is 1. The minimum absolute atomic E-state index is 0.0600. The van der Waals surface area contributed by atoms with E-state index < -0.39 is 5.25 Å². The van der Waals surface area contributed by atoms with Crippen molar-refractivity contribution in [3.05, 3.63) is 60.4 Å². The zero-order chi connectivity index (χ0) is 18.5. The average Bonchev–Trinajstić information content (AvgIpc) is 3.22. The number of amides is 1. The van der Waals surface area contributed by atoms with Crippen LogP contribution in [0.1, 0.15) is 10.8 Å². The highest BCUT2D eigenvalue weighted by atomic mass is 32.2. The molecule has 3 heterocycles. The summed E-state index contributed by atoms with van der Waals surface area (Å²) in [6.07, 6.45) is 3.42. The predicted octanol–water partition coefficient (Wildman–Crippen LogP) is 2.56. The van der Waals surface area contributed by atoms with E-state index in [0.717, 1.165) is 11.1 Å². The Labute approximate surface area is 161 Å². The molecule has 2 aromatic heterocycles.